The summed E-state index contributed by atoms with van der Waals surface area (Å²) in [6.45, 7) is 2.65. The van der Waals surface area contributed by atoms with Gasteiger partial charge < -0.3 is 30.1 Å². The molecule has 1 aliphatic heterocycles. The molecule has 0 unspecified atom stereocenters. The zero-order chi connectivity index (χ0) is 43.2. The first-order chi connectivity index (χ1) is 30.0. The monoisotopic (exact) mass is 861 g/mol. The molecule has 0 saturated heterocycles. The van der Waals surface area contributed by atoms with Crippen molar-refractivity contribution in [2.24, 2.45) is 0 Å². The third kappa shape index (κ3) is 6.93. The second-order valence-electron chi connectivity index (χ2n) is 14.3. The maximum absolute atomic E-state index is 14.5. The minimum atomic E-state index is -0.747. The van der Waals surface area contributed by atoms with Crippen molar-refractivity contribution in [2.45, 2.75) is 25.9 Å². The Kier molecular flexibility index (Phi) is 10.2. The number of hydrogen-bond acceptors (Lipinski definition) is 12. The normalized spacial score (nSPS) is 13.3. The summed E-state index contributed by atoms with van der Waals surface area (Å²) in [5, 5.41) is 10.5. The number of rotatable bonds is 11. The number of hydrogen-bond donors (Lipinski definition) is 2. The van der Waals surface area contributed by atoms with E-state index in [1.807, 2.05) is 48.4 Å². The van der Waals surface area contributed by atoms with Gasteiger partial charge in [0.05, 0.1) is 46.3 Å². The number of nitriles is 1. The van der Waals surface area contributed by atoms with Crippen molar-refractivity contribution in [1.29, 1.82) is 5.26 Å². The highest BCUT2D eigenvalue weighted by Crippen LogP contribution is 2.32. The summed E-state index contributed by atoms with van der Waals surface area (Å²) in [7, 11) is 0. The Morgan fingerprint density at radius 1 is 0.887 bits per heavy atom. The van der Waals surface area contributed by atoms with E-state index in [4.69, 9.17) is 34.7 Å². The lowest BCUT2D eigenvalue weighted by Gasteiger charge is -2.27. The van der Waals surface area contributed by atoms with Crippen molar-refractivity contribution in [1.82, 2.24) is 37.9 Å². The molecule has 0 fully saturated rings. The Morgan fingerprint density at radius 2 is 1.56 bits per heavy atom. The van der Waals surface area contributed by atoms with Crippen molar-refractivity contribution in [3.05, 3.63) is 163 Å². The lowest BCUT2D eigenvalue weighted by Crippen LogP contribution is -2.33. The molecule has 7 heterocycles. The van der Waals surface area contributed by atoms with Crippen molar-refractivity contribution < 1.29 is 4.79 Å². The smallest absolute Gasteiger partial charge is 0.281 e. The number of aromatic nitrogens is 8. The highest BCUT2D eigenvalue weighted by atomic mass is 35.5. The van der Waals surface area contributed by atoms with Crippen LogP contribution in [0, 0.1) is 23.2 Å². The van der Waals surface area contributed by atoms with E-state index in [9.17, 15) is 19.6 Å². The number of fused-ring (bicyclic) bond motifs is 2. The number of nitrogens with zero attached hydrogens (tertiary/aromatic N) is 11. The van der Waals surface area contributed by atoms with E-state index >= 15 is 0 Å². The Bertz CT molecular complexity index is 3340. The average Bonchev–Trinajstić information content (AvgIpc) is 4.01. The molecule has 6 aromatic heterocycles. The van der Waals surface area contributed by atoms with Crippen LogP contribution in [0.15, 0.2) is 114 Å². The van der Waals surface area contributed by atoms with Gasteiger partial charge in [-0.1, -0.05) is 65.4 Å². The first-order valence-corrected chi connectivity index (χ1v) is 20.0. The third-order valence-corrected chi connectivity index (χ3v) is 11.2. The van der Waals surface area contributed by atoms with E-state index in [0.717, 1.165) is 0 Å². The standard InChI is InChI=1S/C44H33Cl2N13O3/c1-2-54(23-30-24-55-16-13-32(45)37(55)41(61)58(30)28-9-4-3-5-10-28)40-31(22-51-44(49)53-40)36(60)19-26-8-6-11-29(18-26)59-35(25-56-17-14-33(46)38(56)42(59)62)34-12-7-15-57(34)39-27(20-47)21-50-43(48)52-39/h3-6,8-11,13-14,16-18,21-22,24-25,34H,2,15,19,23H2,1H3,(H2,48,50,52)(H2,49,51,53)/t34-/m0/s1. The Balaban J connectivity index is 1.09. The Morgan fingerprint density at radius 3 is 2.29 bits per heavy atom. The fourth-order valence-electron chi connectivity index (χ4n) is 7.75. The van der Waals surface area contributed by atoms with Gasteiger partial charge in [-0.05, 0) is 48.9 Å². The van der Waals surface area contributed by atoms with Gasteiger partial charge in [-0.3, -0.25) is 23.5 Å². The molecule has 0 aliphatic carbocycles. The van der Waals surface area contributed by atoms with Gasteiger partial charge >= 0.3 is 0 Å². The van der Waals surface area contributed by atoms with Crippen molar-refractivity contribution in [3.8, 4) is 29.3 Å². The molecule has 8 aromatic rings. The van der Waals surface area contributed by atoms with E-state index in [-0.39, 0.29) is 76.1 Å². The SMILES string of the molecule is CCN(Cc1cn2ccc(Cl)c2c(=O)n1-c1ccccc1)c1nc(N)ncc1C(=O)Cc1cccc(-n2c([C@@H]3C#CCN3c3nc(N)ncc3C#N)cn3ccc(Cl)c3c2=O)c1. The second kappa shape index (κ2) is 15.9. The van der Waals surface area contributed by atoms with Crippen LogP contribution in [0.4, 0.5) is 23.5 Å². The summed E-state index contributed by atoms with van der Waals surface area (Å²) in [5.74, 6) is 6.43. The van der Waals surface area contributed by atoms with Crippen molar-refractivity contribution in [3.63, 3.8) is 0 Å². The summed E-state index contributed by atoms with van der Waals surface area (Å²) < 4.78 is 6.42. The second-order valence-corrected chi connectivity index (χ2v) is 15.1. The van der Waals surface area contributed by atoms with E-state index in [0.29, 0.717) is 45.4 Å². The number of halogens is 2. The predicted molar refractivity (Wildman–Crippen MR) is 236 cm³/mol. The quantitative estimate of drug-likeness (QED) is 0.123. The van der Waals surface area contributed by atoms with Gasteiger partial charge in [0.1, 0.15) is 34.5 Å². The zero-order valence-electron chi connectivity index (χ0n) is 32.8. The van der Waals surface area contributed by atoms with Crippen LogP contribution in [0.2, 0.25) is 10.0 Å². The predicted octanol–water partition coefficient (Wildman–Crippen LogP) is 5.43. The first kappa shape index (κ1) is 39.5. The third-order valence-electron chi connectivity index (χ3n) is 10.6. The van der Waals surface area contributed by atoms with E-state index in [2.05, 4.69) is 37.8 Å². The lowest BCUT2D eigenvalue weighted by atomic mass is 10.0. The van der Waals surface area contributed by atoms with Gasteiger partial charge in [-0.2, -0.15) is 15.2 Å². The van der Waals surface area contributed by atoms with Gasteiger partial charge in [-0.25, -0.2) is 9.97 Å². The van der Waals surface area contributed by atoms with E-state index in [1.165, 1.54) is 17.0 Å². The van der Waals surface area contributed by atoms with Gasteiger partial charge in [-0.15, -0.1) is 0 Å². The molecule has 306 valence electrons. The molecule has 1 aliphatic rings. The van der Waals surface area contributed by atoms with Gasteiger partial charge in [0.15, 0.2) is 11.6 Å². The molecule has 1 atom stereocenters. The number of ketones is 1. The minimum Gasteiger partial charge on any atom is -0.368 e. The highest BCUT2D eigenvalue weighted by molar-refractivity contribution is 6.34. The maximum Gasteiger partial charge on any atom is 0.281 e. The number of Topliss-reactive ketones (excluding diaryl/α,β-unsaturated/α-hetero) is 1. The molecule has 9 rings (SSSR count). The van der Waals surface area contributed by atoms with Crippen molar-refractivity contribution in [2.75, 3.05) is 34.4 Å². The Labute approximate surface area is 362 Å². The summed E-state index contributed by atoms with van der Waals surface area (Å²) in [6, 6.07) is 20.9. The fraction of sp³-hybridized carbons (Fsp3) is 0.136. The molecule has 0 radical (unpaired) electrons. The molecule has 18 heteroatoms. The molecule has 0 amide bonds. The van der Waals surface area contributed by atoms with E-state index in [1.54, 1.807) is 73.3 Å². The number of carbonyl (C=O) groups is 1. The first-order valence-electron chi connectivity index (χ1n) is 19.2. The summed E-state index contributed by atoms with van der Waals surface area (Å²) in [4.78, 5) is 63.5. The summed E-state index contributed by atoms with van der Waals surface area (Å²) in [6.07, 6.45) is 9.62. The van der Waals surface area contributed by atoms with Crippen LogP contribution in [0.25, 0.3) is 22.4 Å². The topological polar surface area (TPSA) is 204 Å². The number of anilines is 4. The maximum atomic E-state index is 14.5. The number of para-hydroxylation sites is 1. The van der Waals surface area contributed by atoms with Crippen LogP contribution < -0.4 is 32.4 Å². The summed E-state index contributed by atoms with van der Waals surface area (Å²) in [5.41, 5.74) is 15.0. The Hall–Kier alpha value is -7.92. The number of benzene rings is 2. The summed E-state index contributed by atoms with van der Waals surface area (Å²) >= 11 is 13.0. The van der Waals surface area contributed by atoms with Gasteiger partial charge in [0.25, 0.3) is 11.1 Å². The number of carbonyl (C=O) groups excluding carboxylic acids is 1. The van der Waals surface area contributed by atoms with Crippen LogP contribution in [0.1, 0.15) is 45.8 Å². The molecule has 16 nitrogen and oxygen atoms in total. The van der Waals surface area contributed by atoms with Crippen LogP contribution in [0.5, 0.6) is 0 Å². The number of nitrogen functional groups attached to an aromatic ring is 2. The molecule has 4 N–H and O–H groups in total. The molecular weight excluding hydrogens is 829 g/mol. The zero-order valence-corrected chi connectivity index (χ0v) is 34.3. The molecular formula is C44H33Cl2N13O3. The molecule has 0 spiro atoms. The molecule has 0 bridgehead atoms. The highest BCUT2D eigenvalue weighted by Gasteiger charge is 2.31. The van der Waals surface area contributed by atoms with E-state index < -0.39 is 11.6 Å². The average molecular weight is 863 g/mol. The van der Waals surface area contributed by atoms with Gasteiger partial charge in [0.2, 0.25) is 11.9 Å². The van der Waals surface area contributed by atoms with Crippen LogP contribution >= 0.6 is 23.2 Å². The number of nitrogens with two attached hydrogens (primary N) is 2. The minimum absolute atomic E-state index is 0.0278. The fourth-order valence-corrected chi connectivity index (χ4v) is 8.22. The molecule has 0 saturated carbocycles. The van der Waals surface area contributed by atoms with Crippen molar-refractivity contribution >= 4 is 63.6 Å². The molecule has 2 aromatic carbocycles. The largest absolute Gasteiger partial charge is 0.368 e. The van der Waals surface area contributed by atoms with Crippen LogP contribution in [0.3, 0.4) is 0 Å². The lowest BCUT2D eigenvalue weighted by molar-refractivity contribution is 0.0992. The molecule has 62 heavy (non-hydrogen) atoms. The van der Waals surface area contributed by atoms with Crippen LogP contribution in [-0.2, 0) is 13.0 Å². The van der Waals surface area contributed by atoms with Gasteiger partial charge in [0, 0.05) is 55.3 Å². The van der Waals surface area contributed by atoms with Crippen LogP contribution in [-0.4, -0.2) is 56.7 Å².